The van der Waals surface area contributed by atoms with Gasteiger partial charge in [0.05, 0.1) is 5.69 Å². The molecule has 0 aliphatic rings. The molecular weight excluding hydrogens is 319 g/mol. The average molecular weight is 336 g/mol. The third kappa shape index (κ3) is 3.80. The number of aromatic nitrogens is 2. The van der Waals surface area contributed by atoms with Gasteiger partial charge in [0, 0.05) is 11.8 Å². The molecule has 0 saturated carbocycles. The molecule has 126 valence electrons. The van der Waals surface area contributed by atoms with Gasteiger partial charge in [0.2, 0.25) is 0 Å². The van der Waals surface area contributed by atoms with Crippen molar-refractivity contribution in [1.82, 2.24) is 9.97 Å². The lowest BCUT2D eigenvalue weighted by Crippen LogP contribution is -2.16. The Balaban J connectivity index is 1.81. The molecule has 0 radical (unpaired) electrons. The first kappa shape index (κ1) is 16.6. The highest BCUT2D eigenvalue weighted by atomic mass is 19.1. The van der Waals surface area contributed by atoms with E-state index in [0.29, 0.717) is 5.82 Å². The van der Waals surface area contributed by atoms with Crippen LogP contribution in [0.25, 0.3) is 0 Å². The van der Waals surface area contributed by atoms with E-state index in [1.54, 1.807) is 18.2 Å². The minimum absolute atomic E-state index is 0.191. The molecule has 1 heterocycles. The average Bonchev–Trinajstić information content (AvgIpc) is 2.60. The van der Waals surface area contributed by atoms with E-state index >= 15 is 0 Å². The van der Waals surface area contributed by atoms with Crippen molar-refractivity contribution in [2.75, 3.05) is 10.6 Å². The van der Waals surface area contributed by atoms with Gasteiger partial charge in [-0.3, -0.25) is 4.79 Å². The zero-order valence-electron chi connectivity index (χ0n) is 13.9. The number of amides is 1. The van der Waals surface area contributed by atoms with Gasteiger partial charge in [-0.15, -0.1) is 0 Å². The van der Waals surface area contributed by atoms with Crippen LogP contribution in [0.5, 0.6) is 0 Å². The van der Waals surface area contributed by atoms with E-state index in [4.69, 9.17) is 0 Å². The van der Waals surface area contributed by atoms with Gasteiger partial charge in [0.15, 0.2) is 0 Å². The van der Waals surface area contributed by atoms with Crippen LogP contribution in [0.2, 0.25) is 0 Å². The number of hydrogen-bond donors (Lipinski definition) is 2. The molecule has 1 amide bonds. The first-order valence-electron chi connectivity index (χ1n) is 7.76. The molecule has 1 aromatic heterocycles. The molecule has 3 aromatic rings. The first-order valence-corrected chi connectivity index (χ1v) is 7.76. The van der Waals surface area contributed by atoms with Crippen molar-refractivity contribution < 1.29 is 9.18 Å². The van der Waals surface area contributed by atoms with E-state index in [1.807, 2.05) is 32.0 Å². The largest absolute Gasteiger partial charge is 0.338 e. The second kappa shape index (κ2) is 7.09. The number of benzene rings is 2. The summed E-state index contributed by atoms with van der Waals surface area (Å²) in [5.41, 5.74) is 3.16. The quantitative estimate of drug-likeness (QED) is 0.748. The number of aryl methyl sites for hydroxylation is 2. The minimum Gasteiger partial charge on any atom is -0.338 e. The Morgan fingerprint density at radius 2 is 1.72 bits per heavy atom. The summed E-state index contributed by atoms with van der Waals surface area (Å²) in [6.07, 6.45) is 1.27. The van der Waals surface area contributed by atoms with Gasteiger partial charge >= 0.3 is 0 Å². The highest BCUT2D eigenvalue weighted by molar-refractivity contribution is 6.04. The van der Waals surface area contributed by atoms with E-state index in [2.05, 4.69) is 20.6 Å². The summed E-state index contributed by atoms with van der Waals surface area (Å²) in [6.45, 7) is 3.85. The topological polar surface area (TPSA) is 66.9 Å². The van der Waals surface area contributed by atoms with Gasteiger partial charge in [0.1, 0.15) is 23.7 Å². The fraction of sp³-hybridized carbons (Fsp3) is 0.105. The Hall–Kier alpha value is -3.28. The predicted molar refractivity (Wildman–Crippen MR) is 95.6 cm³/mol. The molecule has 2 N–H and O–H groups in total. The van der Waals surface area contributed by atoms with Crippen molar-refractivity contribution in [2.24, 2.45) is 0 Å². The van der Waals surface area contributed by atoms with Crippen LogP contribution in [0.4, 0.5) is 21.6 Å². The lowest BCUT2D eigenvalue weighted by atomic mass is 10.1. The van der Waals surface area contributed by atoms with Gasteiger partial charge in [-0.25, -0.2) is 14.4 Å². The van der Waals surface area contributed by atoms with Crippen LogP contribution in [-0.4, -0.2) is 15.9 Å². The van der Waals surface area contributed by atoms with E-state index in [1.165, 1.54) is 18.5 Å². The fourth-order valence-electron chi connectivity index (χ4n) is 2.44. The van der Waals surface area contributed by atoms with Crippen LogP contribution in [0, 0.1) is 19.7 Å². The second-order valence-corrected chi connectivity index (χ2v) is 5.61. The number of hydrogen-bond acceptors (Lipinski definition) is 4. The Kier molecular flexibility index (Phi) is 4.70. The minimum atomic E-state index is -0.400. The third-order valence-electron chi connectivity index (χ3n) is 3.76. The maximum atomic E-state index is 13.7. The molecule has 25 heavy (non-hydrogen) atoms. The molecule has 0 atom stereocenters. The van der Waals surface area contributed by atoms with E-state index in [-0.39, 0.29) is 17.3 Å². The molecule has 0 aliphatic heterocycles. The lowest BCUT2D eigenvalue weighted by molar-refractivity contribution is 0.102. The van der Waals surface area contributed by atoms with E-state index in [0.717, 1.165) is 16.8 Å². The van der Waals surface area contributed by atoms with Crippen LogP contribution < -0.4 is 10.6 Å². The maximum absolute atomic E-state index is 13.7. The van der Waals surface area contributed by atoms with Crippen LogP contribution in [0.1, 0.15) is 21.6 Å². The number of nitrogens with one attached hydrogen (secondary N) is 2. The van der Waals surface area contributed by atoms with Crippen LogP contribution in [0.3, 0.4) is 0 Å². The summed E-state index contributed by atoms with van der Waals surface area (Å²) in [5, 5.41) is 5.71. The SMILES string of the molecule is Cc1cccc(C)c1NC(=O)c1cc(Nc2ccccc2F)ncn1. The fourth-order valence-corrected chi connectivity index (χ4v) is 2.44. The number of anilines is 3. The van der Waals surface area contributed by atoms with E-state index < -0.39 is 5.82 Å². The van der Waals surface area contributed by atoms with Crippen molar-refractivity contribution in [3.8, 4) is 0 Å². The van der Waals surface area contributed by atoms with Gasteiger partial charge in [-0.1, -0.05) is 30.3 Å². The smallest absolute Gasteiger partial charge is 0.274 e. The molecular formula is C19H17FN4O. The van der Waals surface area contributed by atoms with Gasteiger partial charge in [-0.2, -0.15) is 0 Å². The molecule has 2 aromatic carbocycles. The normalized spacial score (nSPS) is 10.4. The molecule has 0 spiro atoms. The molecule has 3 rings (SSSR count). The Morgan fingerprint density at radius 3 is 2.44 bits per heavy atom. The number of nitrogens with zero attached hydrogens (tertiary/aromatic N) is 2. The Bertz CT molecular complexity index is 907. The number of para-hydroxylation sites is 2. The van der Waals surface area contributed by atoms with Crippen LogP contribution in [0.15, 0.2) is 54.9 Å². The summed E-state index contributed by atoms with van der Waals surface area (Å²) in [5.74, 6) is -0.411. The molecule has 0 saturated heterocycles. The Labute approximate surface area is 145 Å². The number of rotatable bonds is 4. The summed E-state index contributed by atoms with van der Waals surface area (Å²) < 4.78 is 13.7. The summed E-state index contributed by atoms with van der Waals surface area (Å²) >= 11 is 0. The second-order valence-electron chi connectivity index (χ2n) is 5.61. The van der Waals surface area contributed by atoms with E-state index in [9.17, 15) is 9.18 Å². The lowest BCUT2D eigenvalue weighted by Gasteiger charge is -2.12. The van der Waals surface area contributed by atoms with Crippen LogP contribution in [-0.2, 0) is 0 Å². The molecule has 5 nitrogen and oxygen atoms in total. The third-order valence-corrected chi connectivity index (χ3v) is 3.76. The Morgan fingerprint density at radius 1 is 1.00 bits per heavy atom. The zero-order chi connectivity index (χ0) is 17.8. The molecule has 0 unspecified atom stereocenters. The number of carbonyl (C=O) groups excluding carboxylic acids is 1. The van der Waals surface area contributed by atoms with Gasteiger partial charge < -0.3 is 10.6 Å². The number of halogens is 1. The maximum Gasteiger partial charge on any atom is 0.274 e. The van der Waals surface area contributed by atoms with Crippen molar-refractivity contribution >= 4 is 23.1 Å². The first-order chi connectivity index (χ1) is 12.0. The van der Waals surface area contributed by atoms with Gasteiger partial charge in [0.25, 0.3) is 5.91 Å². The summed E-state index contributed by atoms with van der Waals surface area (Å²) in [6, 6.07) is 13.5. The molecule has 0 bridgehead atoms. The van der Waals surface area contributed by atoms with Crippen molar-refractivity contribution in [1.29, 1.82) is 0 Å². The monoisotopic (exact) mass is 336 g/mol. The highest BCUT2D eigenvalue weighted by Gasteiger charge is 2.12. The molecule has 0 fully saturated rings. The standard InChI is InChI=1S/C19H17FN4O/c1-12-6-5-7-13(2)18(12)24-19(25)16-10-17(22-11-21-16)23-15-9-4-3-8-14(15)20/h3-11H,1-2H3,(H,24,25)(H,21,22,23). The molecule has 6 heteroatoms. The molecule has 0 aliphatic carbocycles. The zero-order valence-corrected chi connectivity index (χ0v) is 13.9. The summed E-state index contributed by atoms with van der Waals surface area (Å²) in [7, 11) is 0. The number of carbonyl (C=O) groups is 1. The van der Waals surface area contributed by atoms with Gasteiger partial charge in [-0.05, 0) is 37.1 Å². The highest BCUT2D eigenvalue weighted by Crippen LogP contribution is 2.21. The van der Waals surface area contributed by atoms with Crippen LogP contribution >= 0.6 is 0 Å². The van der Waals surface area contributed by atoms with Crippen molar-refractivity contribution in [2.45, 2.75) is 13.8 Å². The summed E-state index contributed by atoms with van der Waals surface area (Å²) in [4.78, 5) is 20.5. The van der Waals surface area contributed by atoms with Crippen molar-refractivity contribution in [3.63, 3.8) is 0 Å². The van der Waals surface area contributed by atoms with Crippen molar-refractivity contribution in [3.05, 3.63) is 77.5 Å². The predicted octanol–water partition coefficient (Wildman–Crippen LogP) is 4.23.